The predicted octanol–water partition coefficient (Wildman–Crippen LogP) is 10.6. The number of urea groups is 1. The average molecular weight is 1030 g/mol. The highest BCUT2D eigenvalue weighted by Gasteiger charge is 2.68. The molecular formula is C43H36ClF10N8O5PS. The van der Waals surface area contributed by atoms with E-state index >= 15 is 8.78 Å². The number of hydrogen-bond donors (Lipinski definition) is 3. The first-order chi connectivity index (χ1) is 32.4. The standard InChI is InChI=1S/C43H36ClF10N8O5PS/c1-4-23-9-10-24(25-11-12-28(44)34-36(25)61(19-41(47,48)49)58-39(34)62(69-3)40(64)59(2)30-7-5-6-8-31(30)67-68(65)66)35(55-23)29(15-20-13-21(45)16-22(46)14-20)56-32(63)18-60-38-33(37(57-60)43(52,53)54)26-17-27(26)42(38,50)51/h5-14,16,26-27,29,65-66H,4,15,17-19H2,1-3H3,(H,56,63)/t26-,27+,29?/m0/s1. The second kappa shape index (κ2) is 18.6. The molecule has 2 aliphatic carbocycles. The molecule has 3 amide bonds. The molecule has 0 radical (unpaired) electrons. The van der Waals surface area contributed by atoms with Gasteiger partial charge in [-0.15, -0.1) is 0 Å². The van der Waals surface area contributed by atoms with Crippen LogP contribution >= 0.6 is 32.2 Å². The van der Waals surface area contributed by atoms with E-state index < -0.39 is 111 Å². The monoisotopic (exact) mass is 1030 g/mol. The summed E-state index contributed by atoms with van der Waals surface area (Å²) in [5.41, 5.74) is -3.64. The second-order valence-corrected chi connectivity index (χ2v) is 17.9. The summed E-state index contributed by atoms with van der Waals surface area (Å²) in [6, 6.07) is 11.2. The smallest absolute Gasteiger partial charge is 0.425 e. The maximum atomic E-state index is 15.5. The molecule has 0 aliphatic heterocycles. The van der Waals surface area contributed by atoms with E-state index in [1.54, 1.807) is 6.92 Å². The van der Waals surface area contributed by atoms with E-state index in [9.17, 15) is 54.5 Å². The number of nitrogens with one attached hydrogen (secondary N) is 1. The summed E-state index contributed by atoms with van der Waals surface area (Å²) in [7, 11) is -1.66. The lowest BCUT2D eigenvalue weighted by Crippen LogP contribution is -2.37. The molecule has 1 fully saturated rings. The van der Waals surface area contributed by atoms with Crippen LogP contribution in [0.5, 0.6) is 5.75 Å². The first-order valence-electron chi connectivity index (χ1n) is 20.5. The highest BCUT2D eigenvalue weighted by Crippen LogP contribution is 2.68. The van der Waals surface area contributed by atoms with E-state index in [1.165, 1.54) is 61.8 Å². The Morgan fingerprint density at radius 1 is 1.00 bits per heavy atom. The molecule has 1 saturated carbocycles. The fourth-order valence-corrected chi connectivity index (χ4v) is 9.80. The van der Waals surface area contributed by atoms with Crippen LogP contribution in [-0.2, 0) is 42.8 Å². The van der Waals surface area contributed by atoms with Gasteiger partial charge in [0.25, 0.3) is 5.92 Å². The third-order valence-electron chi connectivity index (χ3n) is 11.6. The quantitative estimate of drug-likeness (QED) is 0.0550. The molecule has 3 N–H and O–H groups in total. The maximum absolute atomic E-state index is 15.5. The van der Waals surface area contributed by atoms with Crippen LogP contribution < -0.4 is 19.0 Å². The highest BCUT2D eigenvalue weighted by atomic mass is 35.5. The van der Waals surface area contributed by atoms with Gasteiger partial charge in [-0.1, -0.05) is 42.8 Å². The minimum absolute atomic E-state index is 0.0176. The Balaban J connectivity index is 1.27. The van der Waals surface area contributed by atoms with Gasteiger partial charge in [0.1, 0.15) is 30.4 Å². The lowest BCUT2D eigenvalue weighted by molar-refractivity contribution is -0.143. The number of anilines is 2. The van der Waals surface area contributed by atoms with Crippen molar-refractivity contribution in [1.82, 2.24) is 29.9 Å². The summed E-state index contributed by atoms with van der Waals surface area (Å²) in [6.07, 6.45) is -9.18. The number of nitrogens with zero attached hydrogens (tertiary/aromatic N) is 7. The number of benzene rings is 3. The molecule has 3 aromatic heterocycles. The van der Waals surface area contributed by atoms with Crippen LogP contribution in [0.2, 0.25) is 5.02 Å². The number of aromatic nitrogens is 5. The molecule has 0 bridgehead atoms. The lowest BCUT2D eigenvalue weighted by Gasteiger charge is -2.26. The summed E-state index contributed by atoms with van der Waals surface area (Å²) in [5.74, 6) is -10.1. The molecule has 3 atom stereocenters. The number of aryl methyl sites for hydroxylation is 1. The SMILES string of the molecule is CCc1ccc(-c2ccc(Cl)c3c(N(SC)C(=O)N(C)c4ccccc4OP(O)O)nn(CC(F)(F)F)c23)c(C(Cc2cc(F)cc(F)c2)NC(=O)Cn2nc(C(F)(F)F)c3c2C(F)(F)[C@@H]2C[C@H]32)n1. The molecule has 0 saturated heterocycles. The Morgan fingerprint density at radius 3 is 2.32 bits per heavy atom. The van der Waals surface area contributed by atoms with E-state index in [2.05, 4.69) is 15.5 Å². The van der Waals surface area contributed by atoms with Gasteiger partial charge in [0, 0.05) is 47.7 Å². The first kappa shape index (κ1) is 49.7. The van der Waals surface area contributed by atoms with Gasteiger partial charge in [-0.25, -0.2) is 17.9 Å². The zero-order valence-electron chi connectivity index (χ0n) is 35.9. The summed E-state index contributed by atoms with van der Waals surface area (Å²) in [4.78, 5) is 53.2. The van der Waals surface area contributed by atoms with Crippen molar-refractivity contribution < 1.29 is 67.8 Å². The Bertz CT molecular complexity index is 2970. The molecule has 13 nitrogen and oxygen atoms in total. The van der Waals surface area contributed by atoms with Gasteiger partial charge in [0.15, 0.2) is 17.3 Å². The second-order valence-electron chi connectivity index (χ2n) is 16.1. The summed E-state index contributed by atoms with van der Waals surface area (Å²) in [6.45, 7) is -1.24. The van der Waals surface area contributed by atoms with Crippen molar-refractivity contribution >= 4 is 66.5 Å². The number of amides is 3. The number of fused-ring (bicyclic) bond motifs is 4. The van der Waals surface area contributed by atoms with Gasteiger partial charge in [-0.05, 0) is 79.1 Å². The van der Waals surface area contributed by atoms with Gasteiger partial charge in [-0.3, -0.25) is 24.0 Å². The van der Waals surface area contributed by atoms with Crippen molar-refractivity contribution in [2.24, 2.45) is 5.92 Å². The molecule has 3 aromatic carbocycles. The van der Waals surface area contributed by atoms with Gasteiger partial charge in [0.2, 0.25) is 5.91 Å². The summed E-state index contributed by atoms with van der Waals surface area (Å²) < 4.78 is 153. The summed E-state index contributed by atoms with van der Waals surface area (Å²) in [5, 5.41) is 9.85. The number of hydrogen-bond acceptors (Lipinski definition) is 9. The number of carbonyl (C=O) groups excluding carboxylic acids is 2. The fourth-order valence-electron chi connectivity index (χ4n) is 8.66. The molecule has 366 valence electrons. The number of halogens is 11. The van der Waals surface area contributed by atoms with Crippen LogP contribution in [0.15, 0.2) is 66.7 Å². The zero-order valence-corrected chi connectivity index (χ0v) is 38.3. The molecular weight excluding hydrogens is 997 g/mol. The van der Waals surface area contributed by atoms with E-state index in [1.807, 2.05) is 0 Å². The van der Waals surface area contributed by atoms with E-state index in [0.717, 1.165) is 33.3 Å². The van der Waals surface area contributed by atoms with Crippen LogP contribution in [0, 0.1) is 17.6 Å². The van der Waals surface area contributed by atoms with E-state index in [0.29, 0.717) is 16.4 Å². The molecule has 3 heterocycles. The van der Waals surface area contributed by atoms with Gasteiger partial charge in [0.05, 0.1) is 33.3 Å². The topological polar surface area (TPSA) is 151 Å². The Kier molecular flexibility index (Phi) is 13.4. The van der Waals surface area contributed by atoms with Crippen molar-refractivity contribution in [2.75, 3.05) is 22.5 Å². The van der Waals surface area contributed by atoms with Crippen LogP contribution in [0.3, 0.4) is 0 Å². The molecule has 6 aromatic rings. The Morgan fingerprint density at radius 2 is 1.68 bits per heavy atom. The Labute approximate surface area is 395 Å². The van der Waals surface area contributed by atoms with E-state index in [-0.39, 0.29) is 67.3 Å². The molecule has 2 aliphatic rings. The normalized spacial score (nSPS) is 16.7. The van der Waals surface area contributed by atoms with Crippen molar-refractivity contribution in [3.8, 4) is 16.9 Å². The molecule has 8 rings (SSSR count). The van der Waals surface area contributed by atoms with Gasteiger partial charge >= 0.3 is 27.0 Å². The number of rotatable bonds is 14. The van der Waals surface area contributed by atoms with Crippen molar-refractivity contribution in [3.63, 3.8) is 0 Å². The minimum Gasteiger partial charge on any atom is -0.425 e. The summed E-state index contributed by atoms with van der Waals surface area (Å²) >= 11 is 7.50. The fraction of sp³-hybridized carbons (Fsp3) is 0.326. The highest BCUT2D eigenvalue weighted by molar-refractivity contribution is 8.00. The third-order valence-corrected chi connectivity index (χ3v) is 12.9. The van der Waals surface area contributed by atoms with Crippen LogP contribution in [0.4, 0.5) is 60.2 Å². The van der Waals surface area contributed by atoms with Crippen molar-refractivity contribution in [2.45, 2.75) is 69.5 Å². The van der Waals surface area contributed by atoms with Gasteiger partial charge in [-0.2, -0.15) is 45.3 Å². The van der Waals surface area contributed by atoms with Crippen LogP contribution in [0.1, 0.15) is 59.2 Å². The number of para-hydroxylation sites is 2. The van der Waals surface area contributed by atoms with Crippen LogP contribution in [-0.4, -0.2) is 65.7 Å². The predicted molar refractivity (Wildman–Crippen MR) is 235 cm³/mol. The Hall–Kier alpha value is -5.68. The van der Waals surface area contributed by atoms with Crippen molar-refractivity contribution in [3.05, 3.63) is 117 Å². The van der Waals surface area contributed by atoms with E-state index in [4.69, 9.17) is 21.1 Å². The molecule has 0 spiro atoms. The van der Waals surface area contributed by atoms with Gasteiger partial charge < -0.3 is 19.6 Å². The number of alkyl halides is 8. The largest absolute Gasteiger partial charge is 0.435 e. The molecule has 1 unspecified atom stereocenters. The van der Waals surface area contributed by atoms with Crippen molar-refractivity contribution in [1.29, 1.82) is 0 Å². The first-order valence-corrected chi connectivity index (χ1v) is 23.3. The molecule has 69 heavy (non-hydrogen) atoms. The maximum Gasteiger partial charge on any atom is 0.435 e. The molecule has 26 heteroatoms. The lowest BCUT2D eigenvalue weighted by atomic mass is 9.93. The van der Waals surface area contributed by atoms with Crippen LogP contribution in [0.25, 0.3) is 22.0 Å². The number of pyridine rings is 1. The minimum atomic E-state index is -5.15. The number of carbonyl (C=O) groups is 2. The average Bonchev–Trinajstić information content (AvgIpc) is 3.77. The zero-order chi connectivity index (χ0) is 50.1. The third kappa shape index (κ3) is 9.77.